The molecule has 0 aliphatic carbocycles. The number of benzene rings is 1. The summed E-state index contributed by atoms with van der Waals surface area (Å²) >= 11 is 6.09. The average Bonchev–Trinajstić information content (AvgIpc) is 2.30. The van der Waals surface area contributed by atoms with Gasteiger partial charge < -0.3 is 5.32 Å². The highest BCUT2D eigenvalue weighted by Crippen LogP contribution is 2.20. The summed E-state index contributed by atoms with van der Waals surface area (Å²) < 4.78 is 0. The Bertz CT molecular complexity index is 499. The molecule has 0 amide bonds. The van der Waals surface area contributed by atoms with Crippen LogP contribution in [0, 0.1) is 0 Å². The van der Waals surface area contributed by atoms with Gasteiger partial charge >= 0.3 is 0 Å². The summed E-state index contributed by atoms with van der Waals surface area (Å²) in [6.07, 6.45) is 2.63. The molecule has 3 nitrogen and oxygen atoms in total. The van der Waals surface area contributed by atoms with E-state index < -0.39 is 0 Å². The lowest BCUT2D eigenvalue weighted by molar-refractivity contribution is 0.592. The zero-order chi connectivity index (χ0) is 11.5. The van der Waals surface area contributed by atoms with E-state index in [2.05, 4.69) is 22.2 Å². The molecule has 1 aromatic carbocycles. The summed E-state index contributed by atoms with van der Waals surface area (Å²) in [6.45, 7) is 2.10. The topological polar surface area (TPSA) is 37.8 Å². The van der Waals surface area contributed by atoms with Gasteiger partial charge in [0.2, 0.25) is 0 Å². The van der Waals surface area contributed by atoms with Crippen LogP contribution in [0.2, 0.25) is 5.02 Å². The van der Waals surface area contributed by atoms with Crippen LogP contribution in [0.25, 0.3) is 10.9 Å². The second-order valence-corrected chi connectivity index (χ2v) is 4.26. The number of likely N-dealkylation sites (N-methyl/N-ethyl adjacent to an activating group) is 1. The first-order chi connectivity index (χ1) is 7.70. The van der Waals surface area contributed by atoms with E-state index in [1.807, 2.05) is 31.4 Å². The van der Waals surface area contributed by atoms with Crippen LogP contribution in [0.5, 0.6) is 0 Å². The van der Waals surface area contributed by atoms with Crippen LogP contribution in [-0.2, 0) is 6.42 Å². The van der Waals surface area contributed by atoms with Gasteiger partial charge in [0.25, 0.3) is 0 Å². The molecule has 0 aliphatic heterocycles. The Labute approximate surface area is 99.9 Å². The van der Waals surface area contributed by atoms with Crippen molar-refractivity contribution in [3.63, 3.8) is 0 Å². The number of rotatable bonds is 3. The summed E-state index contributed by atoms with van der Waals surface area (Å²) in [4.78, 5) is 8.81. The number of hydrogen-bond donors (Lipinski definition) is 1. The third kappa shape index (κ3) is 2.31. The van der Waals surface area contributed by atoms with E-state index in [1.165, 1.54) is 0 Å². The summed E-state index contributed by atoms with van der Waals surface area (Å²) in [5.74, 6) is 0.822. The van der Waals surface area contributed by atoms with Gasteiger partial charge in [0.15, 0.2) is 0 Å². The van der Waals surface area contributed by atoms with Crippen molar-refractivity contribution in [2.45, 2.75) is 19.4 Å². The number of hydrogen-bond acceptors (Lipinski definition) is 3. The molecule has 0 saturated carbocycles. The lowest BCUT2D eigenvalue weighted by Gasteiger charge is -2.09. The van der Waals surface area contributed by atoms with Crippen LogP contribution in [0.4, 0.5) is 0 Å². The quantitative estimate of drug-likeness (QED) is 0.888. The normalized spacial score (nSPS) is 12.9. The van der Waals surface area contributed by atoms with Crippen molar-refractivity contribution in [3.8, 4) is 0 Å². The molecule has 1 unspecified atom stereocenters. The van der Waals surface area contributed by atoms with Crippen molar-refractivity contribution in [1.82, 2.24) is 15.3 Å². The largest absolute Gasteiger partial charge is 0.317 e. The van der Waals surface area contributed by atoms with Gasteiger partial charge in [0.05, 0.1) is 10.5 Å². The predicted molar refractivity (Wildman–Crippen MR) is 66.8 cm³/mol. The molecular weight excluding hydrogens is 222 g/mol. The molecule has 1 heterocycles. The van der Waals surface area contributed by atoms with E-state index in [9.17, 15) is 0 Å². The second-order valence-electron chi connectivity index (χ2n) is 3.86. The van der Waals surface area contributed by atoms with E-state index in [4.69, 9.17) is 11.6 Å². The maximum Gasteiger partial charge on any atom is 0.130 e. The third-order valence-corrected chi connectivity index (χ3v) is 2.90. The van der Waals surface area contributed by atoms with Gasteiger partial charge in [-0.1, -0.05) is 23.7 Å². The number of fused-ring (bicyclic) bond motifs is 1. The lowest BCUT2D eigenvalue weighted by Crippen LogP contribution is -2.24. The molecule has 0 fully saturated rings. The zero-order valence-electron chi connectivity index (χ0n) is 9.37. The van der Waals surface area contributed by atoms with Gasteiger partial charge in [-0.3, -0.25) is 0 Å². The molecule has 0 spiro atoms. The number of nitrogens with zero attached hydrogens (tertiary/aromatic N) is 2. The molecule has 4 heteroatoms. The minimum atomic E-state index is 0.361. The first kappa shape index (κ1) is 11.3. The number of halogens is 1. The summed E-state index contributed by atoms with van der Waals surface area (Å²) in [7, 11) is 1.93. The SMILES string of the molecule is CNC(C)Cc1ncc2cccc(Cl)c2n1. The van der Waals surface area contributed by atoms with Crippen molar-refractivity contribution < 1.29 is 0 Å². The van der Waals surface area contributed by atoms with Gasteiger partial charge in [-0.25, -0.2) is 9.97 Å². The summed E-state index contributed by atoms with van der Waals surface area (Å²) in [5, 5.41) is 4.82. The summed E-state index contributed by atoms with van der Waals surface area (Å²) in [5.41, 5.74) is 0.831. The fourth-order valence-electron chi connectivity index (χ4n) is 1.53. The van der Waals surface area contributed by atoms with Crippen LogP contribution < -0.4 is 5.32 Å². The standard InChI is InChI=1S/C12H14ClN3/c1-8(14-2)6-11-15-7-9-4-3-5-10(13)12(9)16-11/h3-5,7-8,14H,6H2,1-2H3. The van der Waals surface area contributed by atoms with Crippen LogP contribution in [0.1, 0.15) is 12.7 Å². The molecule has 1 aromatic heterocycles. The molecule has 1 N–H and O–H groups in total. The number of nitrogens with one attached hydrogen (secondary N) is 1. The van der Waals surface area contributed by atoms with Crippen molar-refractivity contribution in [2.24, 2.45) is 0 Å². The Morgan fingerprint density at radius 1 is 1.44 bits per heavy atom. The number of para-hydroxylation sites is 1. The van der Waals surface area contributed by atoms with E-state index in [0.29, 0.717) is 11.1 Å². The minimum absolute atomic E-state index is 0.361. The first-order valence-electron chi connectivity index (χ1n) is 5.28. The molecule has 84 valence electrons. The van der Waals surface area contributed by atoms with Crippen molar-refractivity contribution in [1.29, 1.82) is 0 Å². The third-order valence-electron chi connectivity index (χ3n) is 2.59. The Kier molecular flexibility index (Phi) is 3.36. The van der Waals surface area contributed by atoms with Crippen molar-refractivity contribution in [2.75, 3.05) is 7.05 Å². The van der Waals surface area contributed by atoms with Gasteiger partial charge in [0.1, 0.15) is 5.82 Å². The first-order valence-corrected chi connectivity index (χ1v) is 5.66. The molecule has 0 radical (unpaired) electrons. The Morgan fingerprint density at radius 3 is 3.00 bits per heavy atom. The summed E-state index contributed by atoms with van der Waals surface area (Å²) in [6, 6.07) is 6.08. The highest BCUT2D eigenvalue weighted by Gasteiger charge is 2.06. The zero-order valence-corrected chi connectivity index (χ0v) is 10.1. The van der Waals surface area contributed by atoms with E-state index in [-0.39, 0.29) is 0 Å². The van der Waals surface area contributed by atoms with Gasteiger partial charge in [0, 0.05) is 24.0 Å². The predicted octanol–water partition coefficient (Wildman–Crippen LogP) is 2.43. The lowest BCUT2D eigenvalue weighted by atomic mass is 10.2. The maximum absolute atomic E-state index is 6.09. The Hall–Kier alpha value is -1.19. The number of aromatic nitrogens is 2. The molecule has 2 rings (SSSR count). The average molecular weight is 236 g/mol. The second kappa shape index (κ2) is 4.76. The van der Waals surface area contributed by atoms with E-state index in [1.54, 1.807) is 0 Å². The van der Waals surface area contributed by atoms with E-state index in [0.717, 1.165) is 23.1 Å². The molecule has 16 heavy (non-hydrogen) atoms. The van der Waals surface area contributed by atoms with Gasteiger partial charge in [-0.2, -0.15) is 0 Å². The van der Waals surface area contributed by atoms with Gasteiger partial charge in [-0.15, -0.1) is 0 Å². The Balaban J connectivity index is 2.39. The molecule has 0 saturated heterocycles. The Morgan fingerprint density at radius 2 is 2.25 bits per heavy atom. The monoisotopic (exact) mass is 235 g/mol. The smallest absolute Gasteiger partial charge is 0.130 e. The van der Waals surface area contributed by atoms with Crippen LogP contribution in [0.15, 0.2) is 24.4 Å². The minimum Gasteiger partial charge on any atom is -0.317 e. The molecular formula is C12H14ClN3. The molecule has 0 aliphatic rings. The highest BCUT2D eigenvalue weighted by molar-refractivity contribution is 6.34. The van der Waals surface area contributed by atoms with E-state index >= 15 is 0 Å². The van der Waals surface area contributed by atoms with Crippen LogP contribution >= 0.6 is 11.6 Å². The van der Waals surface area contributed by atoms with Crippen LogP contribution in [0.3, 0.4) is 0 Å². The molecule has 2 aromatic rings. The highest BCUT2D eigenvalue weighted by atomic mass is 35.5. The maximum atomic E-state index is 6.09. The van der Waals surface area contributed by atoms with Crippen molar-refractivity contribution in [3.05, 3.63) is 35.2 Å². The fourth-order valence-corrected chi connectivity index (χ4v) is 1.75. The fraction of sp³-hybridized carbons (Fsp3) is 0.333. The van der Waals surface area contributed by atoms with Crippen LogP contribution in [-0.4, -0.2) is 23.1 Å². The van der Waals surface area contributed by atoms with Gasteiger partial charge in [-0.05, 0) is 20.0 Å². The van der Waals surface area contributed by atoms with Crippen molar-refractivity contribution >= 4 is 22.5 Å². The molecule has 0 bridgehead atoms. The molecule has 1 atom stereocenters.